The summed E-state index contributed by atoms with van der Waals surface area (Å²) in [5.74, 6) is 0.0922. The lowest BCUT2D eigenvalue weighted by atomic mass is 10.2. The Balaban J connectivity index is 0.000000643. The summed E-state index contributed by atoms with van der Waals surface area (Å²) < 4.78 is 1.50. The Kier molecular flexibility index (Phi) is 10.9. The van der Waals surface area contributed by atoms with Gasteiger partial charge >= 0.3 is 0 Å². The Morgan fingerprint density at radius 3 is 1.81 bits per heavy atom. The first kappa shape index (κ1) is 23.3. The van der Waals surface area contributed by atoms with Crippen LogP contribution in [0.1, 0.15) is 20.8 Å². The number of carbonyl (C=O) groups is 3. The second-order valence-electron chi connectivity index (χ2n) is 4.70. The Morgan fingerprint density at radius 2 is 1.30 bits per heavy atom. The first-order valence-corrected chi connectivity index (χ1v) is 7.78. The van der Waals surface area contributed by atoms with E-state index in [1.807, 2.05) is 0 Å². The molecule has 0 aliphatic carbocycles. The molecule has 0 aliphatic rings. The molecule has 8 heteroatoms. The highest BCUT2D eigenvalue weighted by molar-refractivity contribution is 5.80. The molecule has 0 radical (unpaired) electrons. The summed E-state index contributed by atoms with van der Waals surface area (Å²) in [6, 6.07) is 9.12. The number of aromatic nitrogens is 2. The minimum atomic E-state index is -0.0629. The molecular formula is C19H22N2O6. The topological polar surface area (TPSA) is 130 Å². The second kappa shape index (κ2) is 12.6. The predicted molar refractivity (Wildman–Crippen MR) is 101 cm³/mol. The highest BCUT2D eigenvalue weighted by Gasteiger charge is 2.08. The lowest BCUT2D eigenvalue weighted by molar-refractivity contribution is -0.106. The lowest BCUT2D eigenvalue weighted by Gasteiger charge is -2.03. The largest absolute Gasteiger partial charge is 0.508 e. The van der Waals surface area contributed by atoms with Gasteiger partial charge in [0.25, 0.3) is 0 Å². The normalized spacial score (nSPS) is 8.70. The predicted octanol–water partition coefficient (Wildman–Crippen LogP) is 2.76. The molecule has 0 saturated carbocycles. The standard InChI is InChI=1S/C13H10N2O3.3C2H4O/c16-9-1-3-11-8(5-9)7-15(14-11)12-4-2-10(17)6-13(12)18;3*1-2-3/h1-7,16-18H;3*2H,1H3. The van der Waals surface area contributed by atoms with Crippen molar-refractivity contribution in [3.05, 3.63) is 42.6 Å². The van der Waals surface area contributed by atoms with Crippen LogP contribution in [0.5, 0.6) is 17.2 Å². The molecule has 144 valence electrons. The van der Waals surface area contributed by atoms with E-state index in [0.29, 0.717) is 11.2 Å². The summed E-state index contributed by atoms with van der Waals surface area (Å²) >= 11 is 0. The van der Waals surface area contributed by atoms with Crippen LogP contribution < -0.4 is 0 Å². The molecule has 0 spiro atoms. The van der Waals surface area contributed by atoms with E-state index in [-0.39, 0.29) is 17.2 Å². The number of fused-ring (bicyclic) bond motifs is 1. The molecule has 3 rings (SSSR count). The van der Waals surface area contributed by atoms with Gasteiger partial charge in [-0.2, -0.15) is 5.10 Å². The van der Waals surface area contributed by atoms with Gasteiger partial charge in [0.2, 0.25) is 0 Å². The van der Waals surface area contributed by atoms with Gasteiger partial charge in [0.05, 0.1) is 5.52 Å². The zero-order valence-electron chi connectivity index (χ0n) is 15.2. The number of aromatic hydroxyl groups is 3. The van der Waals surface area contributed by atoms with Crippen molar-refractivity contribution in [2.75, 3.05) is 0 Å². The van der Waals surface area contributed by atoms with Crippen molar-refractivity contribution in [1.82, 2.24) is 9.78 Å². The number of hydrogen-bond donors (Lipinski definition) is 3. The van der Waals surface area contributed by atoms with E-state index in [2.05, 4.69) is 5.10 Å². The van der Waals surface area contributed by atoms with Crippen molar-refractivity contribution in [3.63, 3.8) is 0 Å². The third kappa shape index (κ3) is 7.82. The maximum absolute atomic E-state index is 9.75. The number of phenolic OH excluding ortho intramolecular Hbond substituents is 3. The average Bonchev–Trinajstić information content (AvgIpc) is 2.99. The fourth-order valence-electron chi connectivity index (χ4n) is 1.84. The van der Waals surface area contributed by atoms with Gasteiger partial charge in [-0.25, -0.2) is 4.68 Å². The highest BCUT2D eigenvalue weighted by Crippen LogP contribution is 2.27. The van der Waals surface area contributed by atoms with Gasteiger partial charge in [-0.1, -0.05) is 0 Å². The average molecular weight is 374 g/mol. The van der Waals surface area contributed by atoms with Gasteiger partial charge in [0.1, 0.15) is 41.8 Å². The summed E-state index contributed by atoms with van der Waals surface area (Å²) in [6.45, 7) is 4.33. The number of benzene rings is 2. The first-order valence-electron chi connectivity index (χ1n) is 7.78. The van der Waals surface area contributed by atoms with Crippen molar-refractivity contribution in [3.8, 4) is 22.9 Å². The molecule has 0 fully saturated rings. The number of nitrogens with zero attached hydrogens (tertiary/aromatic N) is 2. The molecule has 2 aromatic carbocycles. The van der Waals surface area contributed by atoms with Gasteiger partial charge in [0, 0.05) is 17.6 Å². The van der Waals surface area contributed by atoms with Gasteiger partial charge in [0.15, 0.2) is 0 Å². The van der Waals surface area contributed by atoms with E-state index in [4.69, 9.17) is 14.4 Å². The molecular weight excluding hydrogens is 352 g/mol. The summed E-state index contributed by atoms with van der Waals surface area (Å²) in [4.78, 5) is 26.4. The zero-order valence-corrected chi connectivity index (χ0v) is 15.2. The minimum absolute atomic E-state index is 0.00870. The number of hydrogen-bond acceptors (Lipinski definition) is 7. The van der Waals surface area contributed by atoms with Crippen LogP contribution >= 0.6 is 0 Å². The summed E-state index contributed by atoms with van der Waals surface area (Å²) in [7, 11) is 0. The SMILES string of the molecule is CC=O.CC=O.CC=O.Oc1ccc(-n2cc3cc(O)ccc3n2)c(O)c1. The molecule has 0 atom stereocenters. The molecule has 27 heavy (non-hydrogen) atoms. The molecule has 3 aromatic rings. The highest BCUT2D eigenvalue weighted by atomic mass is 16.3. The van der Waals surface area contributed by atoms with E-state index in [9.17, 15) is 15.3 Å². The zero-order chi connectivity index (χ0) is 20.8. The minimum Gasteiger partial charge on any atom is -0.508 e. The fourth-order valence-corrected chi connectivity index (χ4v) is 1.84. The van der Waals surface area contributed by atoms with Gasteiger partial charge in [-0.3, -0.25) is 0 Å². The van der Waals surface area contributed by atoms with Crippen LogP contribution in [-0.4, -0.2) is 44.0 Å². The van der Waals surface area contributed by atoms with Crippen LogP contribution in [0.15, 0.2) is 42.6 Å². The van der Waals surface area contributed by atoms with E-state index in [1.54, 1.807) is 30.5 Å². The quantitative estimate of drug-likeness (QED) is 0.558. The molecule has 0 bridgehead atoms. The fraction of sp³-hybridized carbons (Fsp3) is 0.158. The van der Waals surface area contributed by atoms with Crippen molar-refractivity contribution >= 4 is 29.8 Å². The molecule has 0 aliphatic heterocycles. The molecule has 0 amide bonds. The Hall–Kier alpha value is -3.68. The maximum Gasteiger partial charge on any atom is 0.144 e. The lowest BCUT2D eigenvalue weighted by Crippen LogP contribution is -1.94. The van der Waals surface area contributed by atoms with Crippen LogP contribution in [0.2, 0.25) is 0 Å². The van der Waals surface area contributed by atoms with E-state index in [0.717, 1.165) is 24.2 Å². The van der Waals surface area contributed by atoms with Crippen LogP contribution in [0, 0.1) is 0 Å². The maximum atomic E-state index is 9.75. The molecule has 1 aromatic heterocycles. The van der Waals surface area contributed by atoms with E-state index in [1.165, 1.54) is 37.6 Å². The smallest absolute Gasteiger partial charge is 0.144 e. The van der Waals surface area contributed by atoms with Crippen LogP contribution in [0.25, 0.3) is 16.6 Å². The summed E-state index contributed by atoms with van der Waals surface area (Å²) in [6.07, 6.45) is 3.95. The van der Waals surface area contributed by atoms with Gasteiger partial charge < -0.3 is 29.7 Å². The second-order valence-corrected chi connectivity index (χ2v) is 4.70. The van der Waals surface area contributed by atoms with Crippen molar-refractivity contribution < 1.29 is 29.7 Å². The monoisotopic (exact) mass is 374 g/mol. The Morgan fingerprint density at radius 1 is 0.815 bits per heavy atom. The number of aldehydes is 3. The molecule has 8 nitrogen and oxygen atoms in total. The van der Waals surface area contributed by atoms with E-state index < -0.39 is 0 Å². The van der Waals surface area contributed by atoms with Crippen LogP contribution in [0.4, 0.5) is 0 Å². The summed E-state index contributed by atoms with van der Waals surface area (Å²) in [5.41, 5.74) is 1.17. The van der Waals surface area contributed by atoms with Crippen LogP contribution in [0.3, 0.4) is 0 Å². The first-order chi connectivity index (χ1) is 12.9. The molecule has 3 N–H and O–H groups in total. The van der Waals surface area contributed by atoms with E-state index >= 15 is 0 Å². The molecule has 1 heterocycles. The number of phenols is 3. The summed E-state index contributed by atoms with van der Waals surface area (Å²) in [5, 5.41) is 33.4. The Labute approximate surface area is 156 Å². The van der Waals surface area contributed by atoms with Crippen LogP contribution in [-0.2, 0) is 14.4 Å². The molecule has 0 saturated heterocycles. The number of carbonyl (C=O) groups excluding carboxylic acids is 3. The number of rotatable bonds is 1. The third-order valence-corrected chi connectivity index (χ3v) is 2.69. The Bertz CT molecular complexity index is 859. The van der Waals surface area contributed by atoms with Crippen molar-refractivity contribution in [2.24, 2.45) is 0 Å². The molecule has 0 unspecified atom stereocenters. The van der Waals surface area contributed by atoms with Crippen molar-refractivity contribution in [1.29, 1.82) is 0 Å². The van der Waals surface area contributed by atoms with Crippen molar-refractivity contribution in [2.45, 2.75) is 20.8 Å². The van der Waals surface area contributed by atoms with Gasteiger partial charge in [-0.15, -0.1) is 0 Å². The third-order valence-electron chi connectivity index (χ3n) is 2.69. The van der Waals surface area contributed by atoms with Gasteiger partial charge in [-0.05, 0) is 51.1 Å².